The first-order chi connectivity index (χ1) is 35.2. The number of hydrogen-bond donors (Lipinski definition) is 3. The van der Waals surface area contributed by atoms with Gasteiger partial charge in [0.15, 0.2) is 11.3 Å². The van der Waals surface area contributed by atoms with Gasteiger partial charge in [-0.15, -0.1) is 0 Å². The van der Waals surface area contributed by atoms with Gasteiger partial charge in [-0.05, 0) is 68.9 Å². The lowest BCUT2D eigenvalue weighted by Gasteiger charge is -2.36. The number of esters is 1. The third kappa shape index (κ3) is 11.0. The van der Waals surface area contributed by atoms with E-state index in [1.165, 1.54) is 27.2 Å². The highest BCUT2D eigenvalue weighted by atomic mass is 16.7. The zero-order chi connectivity index (χ0) is 53.2. The minimum atomic E-state index is -1.93. The van der Waals surface area contributed by atoms with Crippen molar-refractivity contribution in [3.8, 4) is 28.7 Å². The Balaban J connectivity index is 1.25. The first-order valence-corrected chi connectivity index (χ1v) is 24.7. The summed E-state index contributed by atoms with van der Waals surface area (Å²) in [5.74, 6) is -4.01. The van der Waals surface area contributed by atoms with Crippen LogP contribution in [0.5, 0.6) is 17.2 Å². The number of ketones is 1. The van der Waals surface area contributed by atoms with Gasteiger partial charge >= 0.3 is 11.8 Å². The van der Waals surface area contributed by atoms with E-state index >= 15 is 4.79 Å². The molecule has 390 valence electrons. The molecule has 0 saturated carbocycles. The molecule has 18 heteroatoms. The summed E-state index contributed by atoms with van der Waals surface area (Å²) in [7, 11) is 5.66. The lowest BCUT2D eigenvalue weighted by atomic mass is 9.85. The fraction of sp³-hybridized carbons (Fsp3) is 0.411. The Kier molecular flexibility index (Phi) is 15.3. The molecular formula is C56H64N5O13+. The number of rotatable bonds is 12. The van der Waals surface area contributed by atoms with Crippen LogP contribution in [-0.4, -0.2) is 104 Å². The fourth-order valence-electron chi connectivity index (χ4n) is 10.0. The number of aromatic nitrogens is 1. The first kappa shape index (κ1) is 52.7. The SMILES string of the molecule is CO[C@H]1/C=C/O[C@@]2(C)Oc3c(C)c4c5c(=O)c(c6oc7cc(OCC[N+](C)(C)Cc8ccc(NC(=O)CNC=O)cc8)ccc7nc-6c5c3C2=O)NC(=O)/C(C)=C\C=C\C(C)C[C@@H](C)CC(O4)C(OC(C)=O)[C@@H]1C. The zero-order valence-electron chi connectivity index (χ0n) is 43.4. The minimum absolute atomic E-state index is 0.00873. The highest BCUT2D eigenvalue weighted by Crippen LogP contribution is 2.52. The minimum Gasteiger partial charge on any atom is -0.488 e. The normalized spacial score (nSPS) is 24.6. The van der Waals surface area contributed by atoms with Crippen molar-refractivity contribution in [2.75, 3.05) is 51.5 Å². The van der Waals surface area contributed by atoms with Crippen molar-refractivity contribution in [2.24, 2.45) is 17.8 Å². The van der Waals surface area contributed by atoms with E-state index in [1.54, 1.807) is 44.2 Å². The average molecular weight is 1020 g/mol. The van der Waals surface area contributed by atoms with Gasteiger partial charge in [-0.1, -0.05) is 51.1 Å². The fourth-order valence-corrected chi connectivity index (χ4v) is 10.0. The van der Waals surface area contributed by atoms with E-state index in [1.807, 2.05) is 43.3 Å². The molecule has 0 spiro atoms. The molecule has 0 radical (unpaired) electrons. The average Bonchev–Trinajstić information content (AvgIpc) is 3.61. The molecule has 3 unspecified atom stereocenters. The molecule has 0 saturated heterocycles. The first-order valence-electron chi connectivity index (χ1n) is 24.7. The van der Waals surface area contributed by atoms with E-state index in [4.69, 9.17) is 37.8 Å². The van der Waals surface area contributed by atoms with Gasteiger partial charge in [-0.3, -0.25) is 28.8 Å². The molecule has 0 aromatic heterocycles. The number of nitrogens with one attached hydrogen (secondary N) is 3. The maximum absolute atomic E-state index is 15.6. The van der Waals surface area contributed by atoms with Crippen molar-refractivity contribution >= 4 is 63.2 Å². The second-order valence-electron chi connectivity index (χ2n) is 20.4. The number of allylic oxidation sites excluding steroid dienone is 3. The van der Waals surface area contributed by atoms with E-state index in [2.05, 4.69) is 43.9 Å². The highest BCUT2D eigenvalue weighted by molar-refractivity contribution is 6.22. The molecule has 18 nitrogen and oxygen atoms in total. The Morgan fingerprint density at radius 3 is 2.47 bits per heavy atom. The maximum Gasteiger partial charge on any atom is 0.312 e. The Bertz CT molecular complexity index is 3140. The number of benzene rings is 4. The van der Waals surface area contributed by atoms with E-state index < -0.39 is 53.1 Å². The van der Waals surface area contributed by atoms with Gasteiger partial charge < -0.3 is 53.3 Å². The molecule has 4 heterocycles. The second kappa shape index (κ2) is 21.5. The summed E-state index contributed by atoms with van der Waals surface area (Å²) in [6.45, 7) is 13.6. The Morgan fingerprint density at radius 1 is 1.00 bits per heavy atom. The molecule has 1 aliphatic carbocycles. The van der Waals surface area contributed by atoms with Crippen LogP contribution < -0.4 is 35.6 Å². The largest absolute Gasteiger partial charge is 0.488 e. The quantitative estimate of drug-likeness (QED) is 0.0358. The maximum atomic E-state index is 15.6. The van der Waals surface area contributed by atoms with E-state index in [-0.39, 0.29) is 74.8 Å². The van der Waals surface area contributed by atoms with Crippen LogP contribution in [0.1, 0.15) is 75.9 Å². The topological polar surface area (TPSA) is 220 Å². The van der Waals surface area contributed by atoms with Crippen LogP contribution in [0.3, 0.4) is 0 Å². The van der Waals surface area contributed by atoms with E-state index in [9.17, 15) is 24.0 Å². The van der Waals surface area contributed by atoms with E-state index in [0.717, 1.165) is 5.56 Å². The molecule has 74 heavy (non-hydrogen) atoms. The number of methoxy groups -OCH3 is 1. The van der Waals surface area contributed by atoms with Gasteiger partial charge in [-0.2, -0.15) is 0 Å². The van der Waals surface area contributed by atoms with Gasteiger partial charge in [0.1, 0.15) is 66.1 Å². The number of fused-ring (bicyclic) bond motifs is 8. The van der Waals surface area contributed by atoms with Crippen molar-refractivity contribution in [3.63, 3.8) is 0 Å². The third-order valence-corrected chi connectivity index (χ3v) is 13.8. The van der Waals surface area contributed by atoms with Crippen molar-refractivity contribution in [3.05, 3.63) is 106 Å². The van der Waals surface area contributed by atoms with Gasteiger partial charge in [0, 0.05) is 60.7 Å². The van der Waals surface area contributed by atoms with Crippen LogP contribution in [0, 0.1) is 24.7 Å². The molecule has 0 fully saturated rings. The van der Waals surface area contributed by atoms with Crippen LogP contribution in [0.2, 0.25) is 0 Å². The third-order valence-electron chi connectivity index (χ3n) is 13.8. The number of Topliss-reactive ketones (excluding diaryl/α,β-unsaturated/α-hetero) is 1. The molecule has 8 rings (SSSR count). The molecule has 6 bridgehead atoms. The Labute approximate surface area is 429 Å². The van der Waals surface area contributed by atoms with E-state index in [0.29, 0.717) is 71.5 Å². The summed E-state index contributed by atoms with van der Waals surface area (Å²) in [4.78, 5) is 85.5. The standard InChI is InChI=1S/C56H63N5O13/c1-30-12-11-13-32(3)55(67)60-48-49(65)45-44(46-52-34(5)51(45)73-42(25-31(2)24-30)50(71-35(6)63)33(4)40(68-10)20-22-70-56(7,74-52)54(46)66)47-53(48)72-41-26-38(18-19-39(41)59-47)69-23-21-61(8,9)28-36-14-16-37(17-15-36)58-43(64)27-57-29-62/h11-20,22,26,29-31,33,40,42,50H,21,23-25,27-28H2,1-10H3,(H2-,57,58,59,60,62,64,67)/p+1/b12-11+,22-20+,32-13-/t30?,31-,33-,40+,42?,50?,56+/m1/s1. The Hall–Kier alpha value is -7.57. The lowest BCUT2D eigenvalue weighted by Crippen LogP contribution is -2.45. The summed E-state index contributed by atoms with van der Waals surface area (Å²) in [6, 6.07) is 12.6. The Morgan fingerprint density at radius 2 is 1.76 bits per heavy atom. The van der Waals surface area contributed by atoms with Crippen LogP contribution in [-0.2, 0) is 39.9 Å². The van der Waals surface area contributed by atoms with Gasteiger partial charge in [0.05, 0.1) is 44.0 Å². The second-order valence-corrected chi connectivity index (χ2v) is 20.4. The number of likely N-dealkylation sites (N-methyl/N-ethyl adjacent to an activating group) is 1. The molecule has 7 atom stereocenters. The summed E-state index contributed by atoms with van der Waals surface area (Å²) >= 11 is 0. The van der Waals surface area contributed by atoms with Crippen LogP contribution in [0.25, 0.3) is 33.3 Å². The summed E-state index contributed by atoms with van der Waals surface area (Å²) < 4.78 is 45.4. The van der Waals surface area contributed by atoms with Crippen LogP contribution >= 0.6 is 0 Å². The number of nitrogens with zero attached hydrogens (tertiary/aromatic N) is 2. The molecule has 3 amide bonds. The number of carbonyl (C=O) groups excluding carboxylic acids is 5. The molecule has 4 aliphatic heterocycles. The smallest absolute Gasteiger partial charge is 0.312 e. The zero-order valence-corrected chi connectivity index (χ0v) is 43.4. The molecule has 3 N–H and O–H groups in total. The van der Waals surface area contributed by atoms with Crippen molar-refractivity contribution < 1.29 is 61.3 Å². The highest BCUT2D eigenvalue weighted by Gasteiger charge is 2.51. The molecule has 3 aromatic rings. The number of carbonyl (C=O) groups is 5. The summed E-state index contributed by atoms with van der Waals surface area (Å²) in [5, 5.41) is 7.94. The predicted molar refractivity (Wildman–Crippen MR) is 277 cm³/mol. The predicted octanol–water partition coefficient (Wildman–Crippen LogP) is 7.77. The number of hydrogen-bond acceptors (Lipinski definition) is 14. The number of amides is 3. The van der Waals surface area contributed by atoms with Crippen molar-refractivity contribution in [2.45, 2.75) is 92.0 Å². The monoisotopic (exact) mass is 1010 g/mol. The number of anilines is 2. The lowest BCUT2D eigenvalue weighted by molar-refractivity contribution is -0.903. The van der Waals surface area contributed by atoms with Crippen molar-refractivity contribution in [1.82, 2.24) is 10.3 Å². The number of quaternary nitrogens is 1. The van der Waals surface area contributed by atoms with Gasteiger partial charge in [0.2, 0.25) is 17.7 Å². The molecule has 5 aliphatic rings. The van der Waals surface area contributed by atoms with Gasteiger partial charge in [-0.25, -0.2) is 4.98 Å². The number of ether oxygens (including phenoxy) is 6. The van der Waals surface area contributed by atoms with Crippen molar-refractivity contribution in [1.29, 1.82) is 0 Å². The summed E-state index contributed by atoms with van der Waals surface area (Å²) in [6.07, 6.45) is 7.50. The summed E-state index contributed by atoms with van der Waals surface area (Å²) in [5.41, 5.74) is 1.94. The van der Waals surface area contributed by atoms with Crippen LogP contribution in [0.15, 0.2) is 87.8 Å². The molecular weight excluding hydrogens is 951 g/mol. The molecule has 3 aromatic carbocycles. The van der Waals surface area contributed by atoms with Crippen LogP contribution in [0.4, 0.5) is 11.4 Å². The van der Waals surface area contributed by atoms with Gasteiger partial charge in [0.25, 0.3) is 11.7 Å².